The van der Waals surface area contributed by atoms with E-state index in [1.807, 2.05) is 30.3 Å². The first-order chi connectivity index (χ1) is 10.2. The van der Waals surface area contributed by atoms with Crippen molar-refractivity contribution in [3.05, 3.63) is 71.5 Å². The molecule has 1 atom stereocenters. The molecule has 0 bridgehead atoms. The Morgan fingerprint density at radius 1 is 1.05 bits per heavy atom. The number of aliphatic hydroxyl groups excluding tert-OH is 1. The van der Waals surface area contributed by atoms with E-state index in [0.29, 0.717) is 6.54 Å². The van der Waals surface area contributed by atoms with E-state index in [0.717, 1.165) is 5.56 Å². The molecule has 0 fully saturated rings. The molecule has 21 heavy (non-hydrogen) atoms. The monoisotopic (exact) mass is 288 g/mol. The van der Waals surface area contributed by atoms with Gasteiger partial charge in [0.15, 0.2) is 0 Å². The Kier molecular flexibility index (Phi) is 5.29. The predicted octanol–water partition coefficient (Wildman–Crippen LogP) is 2.36. The second kappa shape index (κ2) is 7.40. The Morgan fingerprint density at radius 3 is 2.43 bits per heavy atom. The number of nitrogens with one attached hydrogen (secondary N) is 2. The molecule has 5 heteroatoms. The van der Waals surface area contributed by atoms with Crippen LogP contribution in [0, 0.1) is 5.82 Å². The van der Waals surface area contributed by atoms with Crippen LogP contribution in [0.2, 0.25) is 0 Å². The number of amides is 2. The van der Waals surface area contributed by atoms with Gasteiger partial charge in [0.25, 0.3) is 0 Å². The highest BCUT2D eigenvalue weighted by molar-refractivity contribution is 5.73. The van der Waals surface area contributed by atoms with Crippen molar-refractivity contribution in [1.82, 2.24) is 10.6 Å². The van der Waals surface area contributed by atoms with Gasteiger partial charge in [-0.3, -0.25) is 0 Å². The van der Waals surface area contributed by atoms with Crippen molar-refractivity contribution in [2.45, 2.75) is 12.6 Å². The van der Waals surface area contributed by atoms with Crippen molar-refractivity contribution in [1.29, 1.82) is 0 Å². The summed E-state index contributed by atoms with van der Waals surface area (Å²) < 4.78 is 13.4. The number of halogens is 1. The van der Waals surface area contributed by atoms with Crippen LogP contribution >= 0.6 is 0 Å². The third-order valence-electron chi connectivity index (χ3n) is 3.02. The summed E-state index contributed by atoms with van der Waals surface area (Å²) in [6.07, 6.45) is -1.08. The van der Waals surface area contributed by atoms with E-state index in [9.17, 15) is 14.3 Å². The Labute approximate surface area is 122 Å². The number of urea groups is 1. The summed E-state index contributed by atoms with van der Waals surface area (Å²) in [5.74, 6) is -0.489. The zero-order chi connectivity index (χ0) is 15.1. The molecule has 0 radical (unpaired) electrons. The van der Waals surface area contributed by atoms with Crippen LogP contribution in [-0.4, -0.2) is 17.7 Å². The molecule has 110 valence electrons. The molecule has 0 aliphatic rings. The molecule has 3 N–H and O–H groups in total. The highest BCUT2D eigenvalue weighted by Gasteiger charge is 2.12. The zero-order valence-corrected chi connectivity index (χ0v) is 11.4. The Bertz CT molecular complexity index is 590. The van der Waals surface area contributed by atoms with Crippen LogP contribution in [-0.2, 0) is 6.54 Å². The molecule has 2 aromatic carbocycles. The van der Waals surface area contributed by atoms with Crippen LogP contribution in [0.3, 0.4) is 0 Å². The standard InChI is InChI=1S/C16H17FN2O2/c17-14-9-5-4-8-13(14)15(20)11-19-16(21)18-10-12-6-2-1-3-7-12/h1-9,15,20H,10-11H2,(H2,18,19,21)/t15-/m1/s1. The van der Waals surface area contributed by atoms with Gasteiger partial charge in [0.1, 0.15) is 5.82 Å². The summed E-state index contributed by atoms with van der Waals surface area (Å²) in [7, 11) is 0. The fourth-order valence-corrected chi connectivity index (χ4v) is 1.89. The number of hydrogen-bond donors (Lipinski definition) is 3. The molecule has 0 spiro atoms. The molecule has 0 aliphatic heterocycles. The predicted molar refractivity (Wildman–Crippen MR) is 78.0 cm³/mol. The number of benzene rings is 2. The largest absolute Gasteiger partial charge is 0.386 e. The maximum atomic E-state index is 13.4. The molecule has 4 nitrogen and oxygen atoms in total. The molecular formula is C16H17FN2O2. The highest BCUT2D eigenvalue weighted by atomic mass is 19.1. The van der Waals surface area contributed by atoms with Crippen LogP contribution in [0.1, 0.15) is 17.2 Å². The van der Waals surface area contributed by atoms with Gasteiger partial charge in [-0.2, -0.15) is 0 Å². The molecule has 0 aliphatic carbocycles. The van der Waals surface area contributed by atoms with Gasteiger partial charge in [0.2, 0.25) is 0 Å². The van der Waals surface area contributed by atoms with Crippen LogP contribution < -0.4 is 10.6 Å². The van der Waals surface area contributed by atoms with Gasteiger partial charge in [0.05, 0.1) is 6.10 Å². The fourth-order valence-electron chi connectivity index (χ4n) is 1.89. The van der Waals surface area contributed by atoms with E-state index in [1.54, 1.807) is 12.1 Å². The number of aliphatic hydroxyl groups is 1. The van der Waals surface area contributed by atoms with Crippen molar-refractivity contribution in [2.24, 2.45) is 0 Å². The van der Waals surface area contributed by atoms with Crippen molar-refractivity contribution in [3.8, 4) is 0 Å². The molecule has 0 unspecified atom stereocenters. The smallest absolute Gasteiger partial charge is 0.315 e. The lowest BCUT2D eigenvalue weighted by molar-refractivity contribution is 0.169. The summed E-state index contributed by atoms with van der Waals surface area (Å²) >= 11 is 0. The summed E-state index contributed by atoms with van der Waals surface area (Å²) in [6.45, 7) is 0.337. The van der Waals surface area contributed by atoms with E-state index in [2.05, 4.69) is 10.6 Å². The van der Waals surface area contributed by atoms with Gasteiger partial charge in [-0.05, 0) is 11.6 Å². The average Bonchev–Trinajstić information content (AvgIpc) is 2.52. The SMILES string of the molecule is O=C(NCc1ccccc1)NC[C@@H](O)c1ccccc1F. The lowest BCUT2D eigenvalue weighted by Crippen LogP contribution is -2.37. The van der Waals surface area contributed by atoms with Crippen LogP contribution in [0.5, 0.6) is 0 Å². The van der Waals surface area contributed by atoms with Gasteiger partial charge < -0.3 is 15.7 Å². The number of hydrogen-bond acceptors (Lipinski definition) is 2. The Balaban J connectivity index is 1.77. The second-order valence-corrected chi connectivity index (χ2v) is 4.59. The summed E-state index contributed by atoms with van der Waals surface area (Å²) in [6, 6.07) is 15.0. The molecule has 0 aromatic heterocycles. The third kappa shape index (κ3) is 4.57. The second-order valence-electron chi connectivity index (χ2n) is 4.59. The first-order valence-electron chi connectivity index (χ1n) is 6.65. The lowest BCUT2D eigenvalue weighted by Gasteiger charge is -2.13. The molecule has 0 saturated carbocycles. The van der Waals surface area contributed by atoms with E-state index in [4.69, 9.17) is 0 Å². The normalized spacial score (nSPS) is 11.7. The van der Waals surface area contributed by atoms with Crippen molar-refractivity contribution < 1.29 is 14.3 Å². The van der Waals surface area contributed by atoms with Gasteiger partial charge >= 0.3 is 6.03 Å². The number of rotatable bonds is 5. The van der Waals surface area contributed by atoms with E-state index >= 15 is 0 Å². The maximum absolute atomic E-state index is 13.4. The molecule has 2 rings (SSSR count). The van der Waals surface area contributed by atoms with Gasteiger partial charge in [0, 0.05) is 18.7 Å². The molecule has 0 saturated heterocycles. The maximum Gasteiger partial charge on any atom is 0.315 e. The van der Waals surface area contributed by atoms with Gasteiger partial charge in [-0.25, -0.2) is 9.18 Å². The van der Waals surface area contributed by atoms with Crippen LogP contribution in [0.15, 0.2) is 54.6 Å². The minimum Gasteiger partial charge on any atom is -0.386 e. The van der Waals surface area contributed by atoms with E-state index in [1.165, 1.54) is 12.1 Å². The Hall–Kier alpha value is -2.40. The third-order valence-corrected chi connectivity index (χ3v) is 3.02. The highest BCUT2D eigenvalue weighted by Crippen LogP contribution is 2.15. The summed E-state index contributed by atoms with van der Waals surface area (Å²) in [4.78, 5) is 11.6. The summed E-state index contributed by atoms with van der Waals surface area (Å²) in [5.41, 5.74) is 1.14. The quantitative estimate of drug-likeness (QED) is 0.791. The minimum atomic E-state index is -1.08. The van der Waals surface area contributed by atoms with Gasteiger partial charge in [-0.15, -0.1) is 0 Å². The topological polar surface area (TPSA) is 61.4 Å². The first kappa shape index (κ1) is 15.0. The van der Waals surface area contributed by atoms with Crippen molar-refractivity contribution in [3.63, 3.8) is 0 Å². The van der Waals surface area contributed by atoms with Crippen molar-refractivity contribution in [2.75, 3.05) is 6.54 Å². The van der Waals surface area contributed by atoms with Gasteiger partial charge in [-0.1, -0.05) is 48.5 Å². The number of carbonyl (C=O) groups excluding carboxylic acids is 1. The minimum absolute atomic E-state index is 0.0540. The summed E-state index contributed by atoms with van der Waals surface area (Å²) in [5, 5.41) is 15.0. The number of carbonyl (C=O) groups is 1. The fraction of sp³-hybridized carbons (Fsp3) is 0.188. The van der Waals surface area contributed by atoms with Crippen LogP contribution in [0.4, 0.5) is 9.18 Å². The Morgan fingerprint density at radius 2 is 1.71 bits per heavy atom. The average molecular weight is 288 g/mol. The van der Waals surface area contributed by atoms with E-state index < -0.39 is 18.0 Å². The first-order valence-corrected chi connectivity index (χ1v) is 6.65. The van der Waals surface area contributed by atoms with Crippen molar-refractivity contribution >= 4 is 6.03 Å². The molecular weight excluding hydrogens is 271 g/mol. The lowest BCUT2D eigenvalue weighted by atomic mass is 10.1. The van der Waals surface area contributed by atoms with E-state index in [-0.39, 0.29) is 12.1 Å². The molecule has 2 amide bonds. The molecule has 2 aromatic rings. The zero-order valence-electron chi connectivity index (χ0n) is 11.4. The van der Waals surface area contributed by atoms with Crippen LogP contribution in [0.25, 0.3) is 0 Å². The molecule has 0 heterocycles.